The van der Waals surface area contributed by atoms with E-state index in [-0.39, 0.29) is 0 Å². The van der Waals surface area contributed by atoms with Gasteiger partial charge in [-0.25, -0.2) is 0 Å². The lowest BCUT2D eigenvalue weighted by molar-refractivity contribution is 0.433. The Kier molecular flexibility index (Phi) is 12.5. The Bertz CT molecular complexity index is 123. The molecule has 2 unspecified atom stereocenters. The van der Waals surface area contributed by atoms with Crippen molar-refractivity contribution in [2.75, 3.05) is 0 Å². The maximum atomic E-state index is 2.41. The van der Waals surface area contributed by atoms with Gasteiger partial charge in [0.05, 0.1) is 0 Å². The fraction of sp³-hybridized carbons (Fsp3) is 1.00. The van der Waals surface area contributed by atoms with Crippen molar-refractivity contribution < 1.29 is 0 Å². The summed E-state index contributed by atoms with van der Waals surface area (Å²) in [6, 6.07) is 0. The first-order chi connectivity index (χ1) is 8.20. The van der Waals surface area contributed by atoms with Gasteiger partial charge in [0, 0.05) is 0 Å². The van der Waals surface area contributed by atoms with E-state index in [4.69, 9.17) is 0 Å². The van der Waals surface area contributed by atoms with Gasteiger partial charge in [-0.2, -0.15) is 0 Å². The van der Waals surface area contributed by atoms with Crippen LogP contribution in [0.15, 0.2) is 0 Å². The summed E-state index contributed by atoms with van der Waals surface area (Å²) in [6.07, 6.45) is 15.8. The van der Waals surface area contributed by atoms with Crippen molar-refractivity contribution in [2.24, 2.45) is 11.8 Å². The Hall–Kier alpha value is 0. The minimum absolute atomic E-state index is 0.963. The van der Waals surface area contributed by atoms with Gasteiger partial charge in [0.2, 0.25) is 0 Å². The standard InChI is InChI=1S/C17H36/c1-5-12-16(3)14-10-8-7-9-11-15-17(4)13-6-2/h16-17H,5-15H2,1-4H3. The normalized spacial score (nSPS) is 14.8. The van der Waals surface area contributed by atoms with E-state index in [9.17, 15) is 0 Å². The van der Waals surface area contributed by atoms with Gasteiger partial charge in [-0.15, -0.1) is 0 Å². The summed E-state index contributed by atoms with van der Waals surface area (Å²) >= 11 is 0. The van der Waals surface area contributed by atoms with Crippen LogP contribution in [-0.4, -0.2) is 0 Å². The summed E-state index contributed by atoms with van der Waals surface area (Å²) in [7, 11) is 0. The molecule has 0 aliphatic heterocycles. The van der Waals surface area contributed by atoms with Crippen LogP contribution in [0.1, 0.15) is 98.3 Å². The molecule has 2 atom stereocenters. The second-order valence-electron chi connectivity index (χ2n) is 6.13. The molecule has 0 rings (SSSR count). The molecule has 17 heavy (non-hydrogen) atoms. The van der Waals surface area contributed by atoms with Crippen LogP contribution < -0.4 is 0 Å². The van der Waals surface area contributed by atoms with E-state index in [1.165, 1.54) is 70.6 Å². The molecule has 0 aromatic carbocycles. The van der Waals surface area contributed by atoms with Crippen LogP contribution in [0.2, 0.25) is 0 Å². The number of hydrogen-bond donors (Lipinski definition) is 0. The largest absolute Gasteiger partial charge is 0.0654 e. The monoisotopic (exact) mass is 240 g/mol. The molecule has 0 heteroatoms. The average molecular weight is 240 g/mol. The van der Waals surface area contributed by atoms with E-state index in [0.717, 1.165) is 11.8 Å². The fourth-order valence-electron chi connectivity index (χ4n) is 2.79. The van der Waals surface area contributed by atoms with Gasteiger partial charge in [0.15, 0.2) is 0 Å². The predicted octanol–water partition coefficient (Wildman–Crippen LogP) is 6.59. The fourth-order valence-corrected chi connectivity index (χ4v) is 2.79. The van der Waals surface area contributed by atoms with Crippen LogP contribution in [0.3, 0.4) is 0 Å². The van der Waals surface area contributed by atoms with Crippen LogP contribution in [-0.2, 0) is 0 Å². The summed E-state index contributed by atoms with van der Waals surface area (Å²) < 4.78 is 0. The van der Waals surface area contributed by atoms with Crippen LogP contribution in [0, 0.1) is 11.8 Å². The van der Waals surface area contributed by atoms with Crippen LogP contribution in [0.5, 0.6) is 0 Å². The van der Waals surface area contributed by atoms with Crippen LogP contribution in [0.25, 0.3) is 0 Å². The summed E-state index contributed by atoms with van der Waals surface area (Å²) in [5.41, 5.74) is 0. The van der Waals surface area contributed by atoms with E-state index in [1.807, 2.05) is 0 Å². The zero-order valence-corrected chi connectivity index (χ0v) is 12.9. The van der Waals surface area contributed by atoms with E-state index in [1.54, 1.807) is 0 Å². The lowest BCUT2D eigenvalue weighted by Crippen LogP contribution is -1.95. The molecular formula is C17H36. The van der Waals surface area contributed by atoms with Gasteiger partial charge in [-0.1, -0.05) is 98.3 Å². The molecule has 0 radical (unpaired) electrons. The van der Waals surface area contributed by atoms with Gasteiger partial charge < -0.3 is 0 Å². The molecule has 0 bridgehead atoms. The Morgan fingerprint density at radius 3 is 1.24 bits per heavy atom. The van der Waals surface area contributed by atoms with Crippen molar-refractivity contribution in [1.82, 2.24) is 0 Å². The summed E-state index contributed by atoms with van der Waals surface area (Å²) in [5.74, 6) is 1.93. The van der Waals surface area contributed by atoms with Gasteiger partial charge in [0.1, 0.15) is 0 Å². The van der Waals surface area contributed by atoms with Crippen molar-refractivity contribution in [3.8, 4) is 0 Å². The first kappa shape index (κ1) is 17.0. The van der Waals surface area contributed by atoms with E-state index < -0.39 is 0 Å². The molecule has 0 fully saturated rings. The summed E-state index contributed by atoms with van der Waals surface area (Å²) in [4.78, 5) is 0. The van der Waals surface area contributed by atoms with Crippen molar-refractivity contribution in [2.45, 2.75) is 98.3 Å². The first-order valence-corrected chi connectivity index (χ1v) is 8.20. The zero-order valence-electron chi connectivity index (χ0n) is 12.9. The highest BCUT2D eigenvalue weighted by atomic mass is 14.1. The van der Waals surface area contributed by atoms with E-state index in [2.05, 4.69) is 27.7 Å². The number of unbranched alkanes of at least 4 members (excludes halogenated alkanes) is 4. The highest BCUT2D eigenvalue weighted by molar-refractivity contribution is 4.55. The average Bonchev–Trinajstić information content (AvgIpc) is 2.28. The summed E-state index contributed by atoms with van der Waals surface area (Å²) in [6.45, 7) is 9.42. The topological polar surface area (TPSA) is 0 Å². The lowest BCUT2D eigenvalue weighted by atomic mass is 9.96. The zero-order chi connectivity index (χ0) is 12.9. The molecule has 0 aliphatic carbocycles. The smallest absolute Gasteiger partial charge is 0.0443 e. The minimum atomic E-state index is 0.963. The Morgan fingerprint density at radius 2 is 0.882 bits per heavy atom. The molecule has 0 aliphatic rings. The van der Waals surface area contributed by atoms with Gasteiger partial charge in [-0.3, -0.25) is 0 Å². The van der Waals surface area contributed by atoms with Crippen molar-refractivity contribution in [3.05, 3.63) is 0 Å². The Labute approximate surface area is 111 Å². The SMILES string of the molecule is CCCC(C)CCCCCCCC(C)CCC. The minimum Gasteiger partial charge on any atom is -0.0654 e. The molecule has 104 valence electrons. The Balaban J connectivity index is 3.13. The molecule has 0 aromatic rings. The highest BCUT2D eigenvalue weighted by Crippen LogP contribution is 2.18. The van der Waals surface area contributed by atoms with E-state index in [0.29, 0.717) is 0 Å². The first-order valence-electron chi connectivity index (χ1n) is 8.20. The molecule has 0 saturated heterocycles. The molecule has 0 saturated carbocycles. The molecular weight excluding hydrogens is 204 g/mol. The maximum absolute atomic E-state index is 2.41. The maximum Gasteiger partial charge on any atom is -0.0443 e. The quantitative estimate of drug-likeness (QED) is 0.338. The van der Waals surface area contributed by atoms with Crippen molar-refractivity contribution in [1.29, 1.82) is 0 Å². The third kappa shape index (κ3) is 12.2. The molecule has 0 aromatic heterocycles. The van der Waals surface area contributed by atoms with Crippen LogP contribution >= 0.6 is 0 Å². The number of rotatable bonds is 12. The number of hydrogen-bond acceptors (Lipinski definition) is 0. The highest BCUT2D eigenvalue weighted by Gasteiger charge is 2.01. The molecule has 0 N–H and O–H groups in total. The van der Waals surface area contributed by atoms with Gasteiger partial charge in [-0.05, 0) is 11.8 Å². The van der Waals surface area contributed by atoms with Gasteiger partial charge >= 0.3 is 0 Å². The third-order valence-electron chi connectivity index (χ3n) is 3.96. The second-order valence-corrected chi connectivity index (χ2v) is 6.13. The molecule has 0 spiro atoms. The second kappa shape index (κ2) is 12.5. The molecule has 0 nitrogen and oxygen atoms in total. The van der Waals surface area contributed by atoms with Gasteiger partial charge in [0.25, 0.3) is 0 Å². The molecule has 0 amide bonds. The predicted molar refractivity (Wildman–Crippen MR) is 80.5 cm³/mol. The summed E-state index contributed by atoms with van der Waals surface area (Å²) in [5, 5.41) is 0. The van der Waals surface area contributed by atoms with Crippen molar-refractivity contribution >= 4 is 0 Å². The van der Waals surface area contributed by atoms with Crippen molar-refractivity contribution in [3.63, 3.8) is 0 Å². The molecule has 0 heterocycles. The van der Waals surface area contributed by atoms with E-state index >= 15 is 0 Å². The third-order valence-corrected chi connectivity index (χ3v) is 3.96. The van der Waals surface area contributed by atoms with Crippen LogP contribution in [0.4, 0.5) is 0 Å². The lowest BCUT2D eigenvalue weighted by Gasteiger charge is -2.10. The Morgan fingerprint density at radius 1 is 0.529 bits per heavy atom.